The van der Waals surface area contributed by atoms with E-state index in [0.29, 0.717) is 81.9 Å². The summed E-state index contributed by atoms with van der Waals surface area (Å²) in [6.45, 7) is 7.89. The number of nitrogens with zero attached hydrogens (tertiary/aromatic N) is 5. The third kappa shape index (κ3) is 6.66. The lowest BCUT2D eigenvalue weighted by atomic mass is 9.97. The van der Waals surface area contributed by atoms with Gasteiger partial charge in [-0.05, 0) is 19.8 Å². The van der Waals surface area contributed by atoms with Crippen molar-refractivity contribution in [2.75, 3.05) is 27.3 Å². The second kappa shape index (κ2) is 13.3. The highest BCUT2D eigenvalue weighted by Gasteiger charge is 2.37. The van der Waals surface area contributed by atoms with Gasteiger partial charge in [0.15, 0.2) is 0 Å². The van der Waals surface area contributed by atoms with Gasteiger partial charge < -0.3 is 25.2 Å². The number of nitrogens with one attached hydrogen (secondary N) is 2. The summed E-state index contributed by atoms with van der Waals surface area (Å²) >= 11 is 14.1. The Morgan fingerprint density at radius 3 is 1.98 bits per heavy atom. The van der Waals surface area contributed by atoms with Crippen molar-refractivity contribution < 1.29 is 14.6 Å². The van der Waals surface area contributed by atoms with Crippen LogP contribution in [0.3, 0.4) is 0 Å². The Balaban J connectivity index is 1.26. The van der Waals surface area contributed by atoms with Crippen LogP contribution in [0.1, 0.15) is 31.2 Å². The normalized spacial score (nSPS) is 16.7. The second-order valence-electron chi connectivity index (χ2n) is 11.7. The number of ether oxygens (including phenoxy) is 2. The van der Waals surface area contributed by atoms with Crippen LogP contribution in [0.4, 0.5) is 0 Å². The van der Waals surface area contributed by atoms with Gasteiger partial charge >= 0.3 is 0 Å². The third-order valence-corrected chi connectivity index (χ3v) is 8.74. The van der Waals surface area contributed by atoms with Gasteiger partial charge in [-0.2, -0.15) is 0 Å². The Bertz CT molecular complexity index is 1820. The topological polar surface area (TPSA) is 118 Å². The molecule has 0 bridgehead atoms. The maximum absolute atomic E-state index is 10.1. The molecular formula is C34H35Cl2N7O3. The quantitative estimate of drug-likeness (QED) is 0.187. The first-order valence-electron chi connectivity index (χ1n) is 14.9. The molecule has 0 saturated carbocycles. The van der Waals surface area contributed by atoms with E-state index in [4.69, 9.17) is 42.6 Å². The van der Waals surface area contributed by atoms with Gasteiger partial charge in [-0.1, -0.05) is 66.2 Å². The zero-order chi connectivity index (χ0) is 32.4. The molecule has 0 radical (unpaired) electrons. The second-order valence-corrected chi connectivity index (χ2v) is 12.4. The number of likely N-dealkylation sites (tertiary alicyclic amines) is 1. The summed E-state index contributed by atoms with van der Waals surface area (Å²) in [5, 5.41) is 17.6. The first kappa shape index (κ1) is 31.7. The van der Waals surface area contributed by atoms with Gasteiger partial charge in [0.2, 0.25) is 11.8 Å². The van der Waals surface area contributed by atoms with Crippen molar-refractivity contribution in [1.29, 1.82) is 0 Å². The van der Waals surface area contributed by atoms with E-state index in [-0.39, 0.29) is 0 Å². The van der Waals surface area contributed by atoms with Crippen molar-refractivity contribution in [2.24, 2.45) is 0 Å². The number of β-amino-alcohol motifs (C(OH)–C–C–N with tert-alkyl or cyclic N) is 1. The smallest absolute Gasteiger partial charge is 0.237 e. The predicted molar refractivity (Wildman–Crippen MR) is 179 cm³/mol. The lowest BCUT2D eigenvalue weighted by molar-refractivity contribution is -0.0878. The van der Waals surface area contributed by atoms with Crippen LogP contribution < -0.4 is 20.1 Å². The van der Waals surface area contributed by atoms with E-state index >= 15 is 0 Å². The maximum atomic E-state index is 10.1. The van der Waals surface area contributed by atoms with Crippen LogP contribution in [-0.4, -0.2) is 62.9 Å². The number of aromatic nitrogens is 4. The lowest BCUT2D eigenvalue weighted by Gasteiger charge is -2.44. The molecule has 10 nitrogen and oxygen atoms in total. The van der Waals surface area contributed by atoms with Crippen LogP contribution in [0.5, 0.6) is 11.8 Å². The molecule has 0 amide bonds. The van der Waals surface area contributed by atoms with Crippen LogP contribution in [0.2, 0.25) is 10.0 Å². The number of hydrogen-bond acceptors (Lipinski definition) is 10. The minimum absolute atomic E-state index is 0.407. The molecule has 0 spiro atoms. The lowest BCUT2D eigenvalue weighted by Crippen LogP contribution is -2.59. The number of hydrogen-bond donors (Lipinski definition) is 3. The van der Waals surface area contributed by atoms with Gasteiger partial charge in [-0.25, -0.2) is 9.97 Å². The Morgan fingerprint density at radius 1 is 0.913 bits per heavy atom. The van der Waals surface area contributed by atoms with Gasteiger partial charge in [0.25, 0.3) is 0 Å². The summed E-state index contributed by atoms with van der Waals surface area (Å²) in [6, 6.07) is 11.4. The van der Waals surface area contributed by atoms with Crippen molar-refractivity contribution >= 4 is 23.2 Å². The van der Waals surface area contributed by atoms with E-state index in [1.54, 1.807) is 26.6 Å². The van der Waals surface area contributed by atoms with E-state index in [1.807, 2.05) is 49.5 Å². The van der Waals surface area contributed by atoms with E-state index in [0.717, 1.165) is 35.4 Å². The Hall–Kier alpha value is -4.22. The van der Waals surface area contributed by atoms with Crippen LogP contribution in [-0.2, 0) is 13.1 Å². The van der Waals surface area contributed by atoms with Crippen LogP contribution in [0.25, 0.3) is 33.6 Å². The molecule has 3 N–H and O–H groups in total. The van der Waals surface area contributed by atoms with E-state index in [2.05, 4.69) is 32.1 Å². The van der Waals surface area contributed by atoms with Gasteiger partial charge in [-0.3, -0.25) is 14.9 Å². The average molecular weight is 661 g/mol. The molecular weight excluding hydrogens is 625 g/mol. The number of halogens is 2. The van der Waals surface area contributed by atoms with Crippen LogP contribution >= 0.6 is 23.2 Å². The number of allylic oxidation sites excluding steroid dienone is 2. The summed E-state index contributed by atoms with van der Waals surface area (Å²) in [7, 11) is 3.14. The fourth-order valence-corrected chi connectivity index (χ4v) is 6.39. The minimum Gasteiger partial charge on any atom is -0.480 e. The van der Waals surface area contributed by atoms with E-state index < -0.39 is 5.60 Å². The predicted octanol–water partition coefficient (Wildman–Crippen LogP) is 5.99. The monoisotopic (exact) mass is 659 g/mol. The Labute approximate surface area is 278 Å². The highest BCUT2D eigenvalue weighted by Crippen LogP contribution is 2.42. The minimum atomic E-state index is -0.673. The Kier molecular flexibility index (Phi) is 9.15. The molecule has 46 heavy (non-hydrogen) atoms. The highest BCUT2D eigenvalue weighted by atomic mass is 35.5. The average Bonchev–Trinajstić information content (AvgIpc) is 3.45. The molecule has 2 aliphatic heterocycles. The van der Waals surface area contributed by atoms with Gasteiger partial charge in [-0.15, -0.1) is 0 Å². The van der Waals surface area contributed by atoms with Crippen molar-refractivity contribution in [3.8, 4) is 45.4 Å². The third-order valence-electron chi connectivity index (χ3n) is 7.93. The molecule has 0 atom stereocenters. The van der Waals surface area contributed by atoms with Crippen molar-refractivity contribution in [1.82, 2.24) is 35.5 Å². The highest BCUT2D eigenvalue weighted by molar-refractivity contribution is 6.39. The summed E-state index contributed by atoms with van der Waals surface area (Å²) in [6.07, 6.45) is 7.17. The number of aliphatic hydroxyl groups is 1. The fourth-order valence-electron chi connectivity index (χ4n) is 5.74. The Morgan fingerprint density at radius 2 is 1.46 bits per heavy atom. The van der Waals surface area contributed by atoms with E-state index in [9.17, 15) is 5.11 Å². The standard InChI is InChI=1S/C34H35Cl2N7O3/c1-20-11-12-21(40-20)13-37-14-28-32(45-3)41-26(15-38-28)24-9-5-7-22(30(24)35)23-8-6-10-25(31(23)36)27-16-39-29(33(42-27)46-4)17-43-18-34(2,44)19-43/h5-10,13,15-16,37,40,44H,1,11-12,14,17-19H2,2-4H3/b21-13+. The molecule has 6 rings (SSSR count). The number of methoxy groups -OCH3 is 2. The van der Waals surface area contributed by atoms with Gasteiger partial charge in [0.1, 0.15) is 11.4 Å². The molecule has 2 saturated heterocycles. The van der Waals surface area contributed by atoms with Crippen molar-refractivity contribution in [3.05, 3.63) is 94.4 Å². The maximum Gasteiger partial charge on any atom is 0.237 e. The SMILES string of the molecule is C=C1CC/C(=C\NCc2ncc(-c3cccc(-c4cccc(-c5cnc(CN6CC(C)(O)C6)c(OC)n5)c4Cl)c3Cl)nc2OC)N1. The molecule has 2 aromatic heterocycles. The molecule has 4 heterocycles. The first-order chi connectivity index (χ1) is 22.2. The molecule has 2 fully saturated rings. The van der Waals surface area contributed by atoms with Crippen LogP contribution in [0, 0.1) is 0 Å². The number of rotatable bonds is 10. The zero-order valence-corrected chi connectivity index (χ0v) is 27.4. The summed E-state index contributed by atoms with van der Waals surface area (Å²) in [5.41, 5.74) is 6.77. The van der Waals surface area contributed by atoms with Crippen molar-refractivity contribution in [3.63, 3.8) is 0 Å². The molecule has 2 aliphatic rings. The molecule has 0 unspecified atom stereocenters. The largest absolute Gasteiger partial charge is 0.480 e. The van der Waals surface area contributed by atoms with E-state index in [1.165, 1.54) is 0 Å². The van der Waals surface area contributed by atoms with Gasteiger partial charge in [0, 0.05) is 59.5 Å². The molecule has 0 aliphatic carbocycles. The first-order valence-corrected chi connectivity index (χ1v) is 15.6. The van der Waals surface area contributed by atoms with Crippen LogP contribution in [0.15, 0.2) is 73.0 Å². The van der Waals surface area contributed by atoms with Gasteiger partial charge in [0.05, 0.1) is 60.2 Å². The molecule has 4 aromatic rings. The molecule has 2 aromatic carbocycles. The fraction of sp³-hybridized carbons (Fsp3) is 0.294. The number of benzene rings is 2. The van der Waals surface area contributed by atoms with Crippen molar-refractivity contribution in [2.45, 2.75) is 38.5 Å². The summed E-state index contributed by atoms with van der Waals surface area (Å²) < 4.78 is 11.2. The molecule has 12 heteroatoms. The summed E-state index contributed by atoms with van der Waals surface area (Å²) in [4.78, 5) is 20.8. The zero-order valence-electron chi connectivity index (χ0n) is 25.9. The molecule has 238 valence electrons. The summed E-state index contributed by atoms with van der Waals surface area (Å²) in [5.74, 6) is 0.818.